The van der Waals surface area contributed by atoms with Gasteiger partial charge in [-0.3, -0.25) is 14.5 Å². The Morgan fingerprint density at radius 2 is 2.31 bits per heavy atom. The topological polar surface area (TPSA) is 59.8 Å². The number of nitrogens with one attached hydrogen (secondary N) is 1. The molecule has 0 bridgehead atoms. The maximum absolute atomic E-state index is 11.7. The van der Waals surface area contributed by atoms with E-state index < -0.39 is 0 Å². The summed E-state index contributed by atoms with van der Waals surface area (Å²) in [5.41, 5.74) is 2.60. The standard InChI is InChI=1S/C11H10N4O/c1-15-6-7(4-13-15)10-8-2-3-12-5-9(8)11(16)14-10/h2-6,10H,1H3,(H,14,16). The van der Waals surface area contributed by atoms with E-state index in [9.17, 15) is 4.79 Å². The van der Waals surface area contributed by atoms with Gasteiger partial charge in [0.25, 0.3) is 5.91 Å². The van der Waals surface area contributed by atoms with Gasteiger partial charge in [0, 0.05) is 31.2 Å². The fourth-order valence-corrected chi connectivity index (χ4v) is 1.99. The molecule has 0 saturated heterocycles. The first-order valence-electron chi connectivity index (χ1n) is 4.99. The van der Waals surface area contributed by atoms with Crippen molar-refractivity contribution in [2.24, 2.45) is 7.05 Å². The number of nitrogens with zero attached hydrogens (tertiary/aromatic N) is 3. The van der Waals surface area contributed by atoms with Crippen LogP contribution >= 0.6 is 0 Å². The number of hydrogen-bond acceptors (Lipinski definition) is 3. The second-order valence-corrected chi connectivity index (χ2v) is 3.82. The van der Waals surface area contributed by atoms with Crippen LogP contribution in [-0.2, 0) is 7.05 Å². The molecular weight excluding hydrogens is 204 g/mol. The highest BCUT2D eigenvalue weighted by atomic mass is 16.2. The normalized spacial score (nSPS) is 18.3. The minimum atomic E-state index is -0.0980. The van der Waals surface area contributed by atoms with Crippen molar-refractivity contribution in [3.8, 4) is 0 Å². The van der Waals surface area contributed by atoms with Gasteiger partial charge in [-0.25, -0.2) is 0 Å². The summed E-state index contributed by atoms with van der Waals surface area (Å²) >= 11 is 0. The number of rotatable bonds is 1. The molecule has 3 rings (SSSR count). The highest BCUT2D eigenvalue weighted by Gasteiger charge is 2.30. The molecule has 0 fully saturated rings. The number of pyridine rings is 1. The van der Waals surface area contributed by atoms with E-state index in [4.69, 9.17) is 0 Å². The molecular formula is C11H10N4O. The number of carbonyl (C=O) groups is 1. The fraction of sp³-hybridized carbons (Fsp3) is 0.182. The average Bonchev–Trinajstić information content (AvgIpc) is 2.84. The molecule has 5 heteroatoms. The molecule has 2 aromatic heterocycles. The zero-order valence-corrected chi connectivity index (χ0v) is 8.71. The van der Waals surface area contributed by atoms with Gasteiger partial charge >= 0.3 is 0 Å². The summed E-state index contributed by atoms with van der Waals surface area (Å²) < 4.78 is 1.72. The molecule has 0 saturated carbocycles. The second kappa shape index (κ2) is 3.16. The van der Waals surface area contributed by atoms with Crippen LogP contribution in [0, 0.1) is 0 Å². The monoisotopic (exact) mass is 214 g/mol. The molecule has 2 aromatic rings. The maximum Gasteiger partial charge on any atom is 0.253 e. The number of hydrogen-bond donors (Lipinski definition) is 1. The summed E-state index contributed by atoms with van der Waals surface area (Å²) in [4.78, 5) is 15.6. The van der Waals surface area contributed by atoms with E-state index in [1.165, 1.54) is 0 Å². The van der Waals surface area contributed by atoms with Crippen LogP contribution in [0.15, 0.2) is 30.9 Å². The molecule has 3 heterocycles. The Hall–Kier alpha value is -2.17. The van der Waals surface area contributed by atoms with Crippen LogP contribution in [0.25, 0.3) is 0 Å². The Kier molecular flexibility index (Phi) is 1.80. The molecule has 0 aromatic carbocycles. The fourth-order valence-electron chi connectivity index (χ4n) is 1.99. The molecule has 0 aliphatic carbocycles. The Balaban J connectivity index is 2.10. The van der Waals surface area contributed by atoms with Gasteiger partial charge < -0.3 is 5.32 Å². The number of carbonyl (C=O) groups excluding carboxylic acids is 1. The highest BCUT2D eigenvalue weighted by Crippen LogP contribution is 2.29. The second-order valence-electron chi connectivity index (χ2n) is 3.82. The molecule has 1 unspecified atom stereocenters. The van der Waals surface area contributed by atoms with Crippen molar-refractivity contribution in [1.82, 2.24) is 20.1 Å². The van der Waals surface area contributed by atoms with Crippen LogP contribution in [-0.4, -0.2) is 20.7 Å². The lowest BCUT2D eigenvalue weighted by molar-refractivity contribution is 0.0960. The summed E-state index contributed by atoms with van der Waals surface area (Å²) in [5.74, 6) is -0.0723. The first-order valence-corrected chi connectivity index (χ1v) is 4.99. The molecule has 0 spiro atoms. The van der Waals surface area contributed by atoms with E-state index in [1.54, 1.807) is 23.3 Å². The van der Waals surface area contributed by atoms with Crippen LogP contribution in [0.2, 0.25) is 0 Å². The predicted octanol–water partition coefficient (Wildman–Crippen LogP) is 0.648. The Morgan fingerprint density at radius 1 is 1.44 bits per heavy atom. The zero-order valence-electron chi connectivity index (χ0n) is 8.71. The van der Waals surface area contributed by atoms with Crippen LogP contribution in [0.4, 0.5) is 0 Å². The minimum Gasteiger partial charge on any atom is -0.341 e. The van der Waals surface area contributed by atoms with Crippen molar-refractivity contribution in [3.05, 3.63) is 47.5 Å². The summed E-state index contributed by atoms with van der Waals surface area (Å²) in [6.07, 6.45) is 6.96. The van der Waals surface area contributed by atoms with Crippen LogP contribution < -0.4 is 5.32 Å². The number of amides is 1. The van der Waals surface area contributed by atoms with E-state index >= 15 is 0 Å². The van der Waals surface area contributed by atoms with Gasteiger partial charge in [-0.05, 0) is 11.6 Å². The molecule has 1 atom stereocenters. The molecule has 5 nitrogen and oxygen atoms in total. The lowest BCUT2D eigenvalue weighted by Gasteiger charge is -2.08. The van der Waals surface area contributed by atoms with Gasteiger partial charge in [-0.2, -0.15) is 5.10 Å². The van der Waals surface area contributed by atoms with E-state index in [-0.39, 0.29) is 11.9 Å². The van der Waals surface area contributed by atoms with Crippen LogP contribution in [0.5, 0.6) is 0 Å². The third kappa shape index (κ3) is 1.21. The molecule has 1 amide bonds. The third-order valence-corrected chi connectivity index (χ3v) is 2.74. The Morgan fingerprint density at radius 3 is 3.06 bits per heavy atom. The highest BCUT2D eigenvalue weighted by molar-refractivity contribution is 5.99. The molecule has 1 aliphatic heterocycles. The van der Waals surface area contributed by atoms with Crippen molar-refractivity contribution in [2.45, 2.75) is 6.04 Å². The van der Waals surface area contributed by atoms with E-state index in [2.05, 4.69) is 15.4 Å². The summed E-state index contributed by atoms with van der Waals surface area (Å²) in [6.45, 7) is 0. The van der Waals surface area contributed by atoms with Crippen molar-refractivity contribution in [1.29, 1.82) is 0 Å². The van der Waals surface area contributed by atoms with E-state index in [0.29, 0.717) is 5.56 Å². The molecule has 1 N–H and O–H groups in total. The SMILES string of the molecule is Cn1cc(C2NC(=O)c3cnccc32)cn1. The van der Waals surface area contributed by atoms with E-state index in [0.717, 1.165) is 11.1 Å². The van der Waals surface area contributed by atoms with Crippen molar-refractivity contribution in [3.63, 3.8) is 0 Å². The van der Waals surface area contributed by atoms with E-state index in [1.807, 2.05) is 19.3 Å². The zero-order chi connectivity index (χ0) is 11.1. The lowest BCUT2D eigenvalue weighted by atomic mass is 10.0. The minimum absolute atomic E-state index is 0.0723. The first-order chi connectivity index (χ1) is 7.75. The van der Waals surface area contributed by atoms with Gasteiger partial charge in [0.05, 0.1) is 17.8 Å². The molecule has 1 aliphatic rings. The predicted molar refractivity (Wildman–Crippen MR) is 56.8 cm³/mol. The summed E-state index contributed by atoms with van der Waals surface area (Å²) in [6, 6.07) is 1.77. The number of fused-ring (bicyclic) bond motifs is 1. The average molecular weight is 214 g/mol. The molecule has 80 valence electrons. The van der Waals surface area contributed by atoms with Gasteiger partial charge in [-0.1, -0.05) is 0 Å². The van der Waals surface area contributed by atoms with Crippen LogP contribution in [0.1, 0.15) is 27.5 Å². The van der Waals surface area contributed by atoms with Gasteiger partial charge in [0.15, 0.2) is 0 Å². The Bertz CT molecular complexity index is 561. The molecule has 16 heavy (non-hydrogen) atoms. The first kappa shape index (κ1) is 9.08. The van der Waals surface area contributed by atoms with Crippen molar-refractivity contribution in [2.75, 3.05) is 0 Å². The van der Waals surface area contributed by atoms with Gasteiger partial charge in [-0.15, -0.1) is 0 Å². The Labute approximate surface area is 92.1 Å². The summed E-state index contributed by atoms with van der Waals surface area (Å²) in [5, 5.41) is 7.03. The number of aromatic nitrogens is 3. The van der Waals surface area contributed by atoms with Crippen LogP contribution in [0.3, 0.4) is 0 Å². The van der Waals surface area contributed by atoms with Gasteiger partial charge in [0.1, 0.15) is 0 Å². The third-order valence-electron chi connectivity index (χ3n) is 2.74. The number of aryl methyl sites for hydroxylation is 1. The maximum atomic E-state index is 11.7. The summed E-state index contributed by atoms with van der Waals surface area (Å²) in [7, 11) is 1.85. The van der Waals surface area contributed by atoms with Crippen molar-refractivity contribution < 1.29 is 4.79 Å². The molecule has 0 radical (unpaired) electrons. The lowest BCUT2D eigenvalue weighted by Crippen LogP contribution is -2.19. The van der Waals surface area contributed by atoms with Gasteiger partial charge in [0.2, 0.25) is 0 Å². The largest absolute Gasteiger partial charge is 0.341 e. The van der Waals surface area contributed by atoms with Crippen molar-refractivity contribution >= 4 is 5.91 Å². The smallest absolute Gasteiger partial charge is 0.253 e. The quantitative estimate of drug-likeness (QED) is 0.758.